The van der Waals surface area contributed by atoms with Gasteiger partial charge in [0.2, 0.25) is 11.7 Å². The molecule has 7 nitrogen and oxygen atoms in total. The van der Waals surface area contributed by atoms with Gasteiger partial charge in [-0.3, -0.25) is 18.6 Å². The Bertz CT molecular complexity index is 1250. The summed E-state index contributed by atoms with van der Waals surface area (Å²) >= 11 is 1.30. The molecular weight excluding hydrogens is 398 g/mol. The fourth-order valence-corrected chi connectivity index (χ4v) is 4.00. The van der Waals surface area contributed by atoms with Gasteiger partial charge in [0, 0.05) is 12.2 Å². The van der Waals surface area contributed by atoms with E-state index in [1.807, 2.05) is 59.0 Å². The van der Waals surface area contributed by atoms with Gasteiger partial charge in [0.1, 0.15) is 0 Å². The van der Waals surface area contributed by atoms with Gasteiger partial charge in [0.25, 0.3) is 5.56 Å². The number of rotatable bonds is 7. The molecule has 0 saturated heterocycles. The molecule has 0 aliphatic rings. The van der Waals surface area contributed by atoms with Crippen LogP contribution in [0.2, 0.25) is 0 Å². The number of amides is 1. The van der Waals surface area contributed by atoms with Gasteiger partial charge in [-0.1, -0.05) is 55.9 Å². The normalized spacial score (nSPS) is 11.4. The van der Waals surface area contributed by atoms with Gasteiger partial charge in [-0.05, 0) is 36.6 Å². The molecule has 0 spiro atoms. The highest BCUT2D eigenvalue weighted by molar-refractivity contribution is 7.99. The van der Waals surface area contributed by atoms with Crippen LogP contribution in [0.3, 0.4) is 0 Å². The summed E-state index contributed by atoms with van der Waals surface area (Å²) in [5.74, 6) is 1.03. The van der Waals surface area contributed by atoms with Crippen molar-refractivity contribution in [1.29, 1.82) is 0 Å². The molecule has 0 fully saturated rings. The number of nitrogens with one attached hydrogen (secondary N) is 1. The first kappa shape index (κ1) is 20.2. The Morgan fingerprint density at radius 3 is 2.57 bits per heavy atom. The number of aryl methyl sites for hydroxylation is 1. The Kier molecular flexibility index (Phi) is 5.85. The summed E-state index contributed by atoms with van der Waals surface area (Å²) < 4.78 is 3.56. The second-order valence-electron chi connectivity index (χ2n) is 7.48. The van der Waals surface area contributed by atoms with E-state index < -0.39 is 0 Å². The molecule has 0 saturated carbocycles. The number of benzene rings is 2. The number of anilines is 1. The van der Waals surface area contributed by atoms with Gasteiger partial charge in [0.05, 0.1) is 16.7 Å². The van der Waals surface area contributed by atoms with Crippen molar-refractivity contribution < 1.29 is 4.79 Å². The van der Waals surface area contributed by atoms with Crippen molar-refractivity contribution >= 4 is 40.0 Å². The SMILES string of the molecule is CC(C)CCn1c(=O)c2ccccc2n2c(SCC(=O)Nc3ccccc3)nnc12. The first-order valence-corrected chi connectivity index (χ1v) is 10.9. The fraction of sp³-hybridized carbons (Fsp3) is 0.273. The lowest BCUT2D eigenvalue weighted by molar-refractivity contribution is -0.113. The maximum Gasteiger partial charge on any atom is 0.262 e. The third-order valence-electron chi connectivity index (χ3n) is 4.80. The Labute approximate surface area is 178 Å². The van der Waals surface area contributed by atoms with Crippen LogP contribution < -0.4 is 10.9 Å². The number of nitrogens with zero attached hydrogens (tertiary/aromatic N) is 4. The third-order valence-corrected chi connectivity index (χ3v) is 5.73. The number of thioether (sulfide) groups is 1. The number of fused-ring (bicyclic) bond motifs is 3. The van der Waals surface area contributed by atoms with E-state index in [9.17, 15) is 9.59 Å². The molecule has 0 bridgehead atoms. The van der Waals surface area contributed by atoms with E-state index in [-0.39, 0.29) is 17.2 Å². The van der Waals surface area contributed by atoms with Crippen molar-refractivity contribution in [1.82, 2.24) is 19.2 Å². The van der Waals surface area contributed by atoms with E-state index in [0.29, 0.717) is 28.8 Å². The molecule has 2 aromatic carbocycles. The summed E-state index contributed by atoms with van der Waals surface area (Å²) in [6.07, 6.45) is 0.864. The molecule has 0 unspecified atom stereocenters. The number of hydrogen-bond donors (Lipinski definition) is 1. The lowest BCUT2D eigenvalue weighted by atomic mass is 10.1. The van der Waals surface area contributed by atoms with Crippen LogP contribution in [0, 0.1) is 5.92 Å². The second kappa shape index (κ2) is 8.71. The van der Waals surface area contributed by atoms with Crippen LogP contribution in [0.15, 0.2) is 64.5 Å². The van der Waals surface area contributed by atoms with Gasteiger partial charge in [0.15, 0.2) is 5.16 Å². The summed E-state index contributed by atoms with van der Waals surface area (Å²) in [5.41, 5.74) is 1.43. The van der Waals surface area contributed by atoms with E-state index in [4.69, 9.17) is 0 Å². The third kappa shape index (κ3) is 4.09. The zero-order valence-corrected chi connectivity index (χ0v) is 17.7. The fourth-order valence-electron chi connectivity index (χ4n) is 3.26. The molecule has 0 radical (unpaired) electrons. The van der Waals surface area contributed by atoms with Crippen LogP contribution in [0.4, 0.5) is 5.69 Å². The monoisotopic (exact) mass is 421 g/mol. The van der Waals surface area contributed by atoms with E-state index in [1.165, 1.54) is 11.8 Å². The molecule has 2 aromatic heterocycles. The molecule has 0 atom stereocenters. The average molecular weight is 422 g/mol. The van der Waals surface area contributed by atoms with Crippen molar-refractivity contribution in [3.8, 4) is 0 Å². The Hall–Kier alpha value is -3.13. The minimum Gasteiger partial charge on any atom is -0.325 e. The number of hydrogen-bond acceptors (Lipinski definition) is 5. The highest BCUT2D eigenvalue weighted by Crippen LogP contribution is 2.22. The quantitative estimate of drug-likeness (QED) is 0.459. The van der Waals surface area contributed by atoms with Crippen LogP contribution in [-0.2, 0) is 11.3 Å². The smallest absolute Gasteiger partial charge is 0.262 e. The van der Waals surface area contributed by atoms with Gasteiger partial charge in [-0.25, -0.2) is 0 Å². The highest BCUT2D eigenvalue weighted by Gasteiger charge is 2.17. The van der Waals surface area contributed by atoms with Crippen molar-refractivity contribution in [2.75, 3.05) is 11.1 Å². The molecule has 0 aliphatic carbocycles. The minimum absolute atomic E-state index is 0.0653. The van der Waals surface area contributed by atoms with Crippen LogP contribution in [0.25, 0.3) is 16.7 Å². The number of carbonyl (C=O) groups excluding carboxylic acids is 1. The molecule has 4 aromatic rings. The predicted octanol–water partition coefficient (Wildman–Crippen LogP) is 3.82. The summed E-state index contributed by atoms with van der Waals surface area (Å²) in [6, 6.07) is 16.8. The Balaban J connectivity index is 1.67. The maximum atomic E-state index is 13.0. The molecule has 154 valence electrons. The first-order valence-electron chi connectivity index (χ1n) is 9.89. The molecular formula is C22H23N5O2S. The molecule has 4 rings (SSSR count). The van der Waals surface area contributed by atoms with Crippen LogP contribution in [0.5, 0.6) is 0 Å². The molecule has 1 N–H and O–H groups in total. The summed E-state index contributed by atoms with van der Waals surface area (Å²) in [7, 11) is 0. The van der Waals surface area contributed by atoms with E-state index in [2.05, 4.69) is 29.4 Å². The van der Waals surface area contributed by atoms with Gasteiger partial charge < -0.3 is 5.32 Å². The topological polar surface area (TPSA) is 81.3 Å². The summed E-state index contributed by atoms with van der Waals surface area (Å²) in [5, 5.41) is 12.7. The minimum atomic E-state index is -0.125. The Morgan fingerprint density at radius 2 is 1.80 bits per heavy atom. The number of aromatic nitrogens is 4. The van der Waals surface area contributed by atoms with Gasteiger partial charge in [-0.15, -0.1) is 10.2 Å². The molecule has 8 heteroatoms. The average Bonchev–Trinajstić information content (AvgIpc) is 3.17. The second-order valence-corrected chi connectivity index (χ2v) is 8.42. The lowest BCUT2D eigenvalue weighted by Gasteiger charge is -2.12. The molecule has 2 heterocycles. The van der Waals surface area contributed by atoms with Crippen molar-refractivity contribution in [3.05, 3.63) is 65.0 Å². The predicted molar refractivity (Wildman–Crippen MR) is 120 cm³/mol. The van der Waals surface area contributed by atoms with Gasteiger partial charge >= 0.3 is 0 Å². The zero-order valence-electron chi connectivity index (χ0n) is 16.9. The maximum absolute atomic E-state index is 13.0. The van der Waals surface area contributed by atoms with Crippen LogP contribution in [-0.4, -0.2) is 30.8 Å². The largest absolute Gasteiger partial charge is 0.325 e. The van der Waals surface area contributed by atoms with Crippen LogP contribution >= 0.6 is 11.8 Å². The zero-order chi connectivity index (χ0) is 21.1. The summed E-state index contributed by atoms with van der Waals surface area (Å²) in [6.45, 7) is 4.82. The highest BCUT2D eigenvalue weighted by atomic mass is 32.2. The van der Waals surface area contributed by atoms with E-state index >= 15 is 0 Å². The van der Waals surface area contributed by atoms with E-state index in [0.717, 1.165) is 17.6 Å². The van der Waals surface area contributed by atoms with Crippen molar-refractivity contribution in [3.63, 3.8) is 0 Å². The molecule has 30 heavy (non-hydrogen) atoms. The lowest BCUT2D eigenvalue weighted by Crippen LogP contribution is -2.24. The van der Waals surface area contributed by atoms with Gasteiger partial charge in [-0.2, -0.15) is 0 Å². The van der Waals surface area contributed by atoms with Crippen LogP contribution in [0.1, 0.15) is 20.3 Å². The Morgan fingerprint density at radius 1 is 1.07 bits per heavy atom. The van der Waals surface area contributed by atoms with E-state index in [1.54, 1.807) is 4.57 Å². The van der Waals surface area contributed by atoms with Crippen molar-refractivity contribution in [2.24, 2.45) is 5.92 Å². The number of carbonyl (C=O) groups is 1. The van der Waals surface area contributed by atoms with Crippen molar-refractivity contribution in [2.45, 2.75) is 32.0 Å². The summed E-state index contributed by atoms with van der Waals surface area (Å²) in [4.78, 5) is 25.4. The molecule has 0 aliphatic heterocycles. The molecule has 1 amide bonds. The number of para-hydroxylation sites is 2. The first-order chi connectivity index (χ1) is 14.5. The standard InChI is InChI=1S/C22H23N5O2S/c1-15(2)12-13-26-20(29)17-10-6-7-11-18(17)27-21(26)24-25-22(27)30-14-19(28)23-16-8-4-3-5-9-16/h3-11,15H,12-14H2,1-2H3,(H,23,28).